The Morgan fingerprint density at radius 1 is 0.694 bits per heavy atom. The highest BCUT2D eigenvalue weighted by Crippen LogP contribution is 2.70. The highest BCUT2D eigenvalue weighted by molar-refractivity contribution is 6.70. The van der Waals surface area contributed by atoms with Crippen LogP contribution in [0.4, 0.5) is 0 Å². The van der Waals surface area contributed by atoms with Gasteiger partial charge in [-0.25, -0.2) is 0 Å². The van der Waals surface area contributed by atoms with E-state index in [9.17, 15) is 0 Å². The molecular weight excluding hydrogens is 493 g/mol. The molecule has 4 fully saturated rings. The molecule has 9 atom stereocenters. The van der Waals surface area contributed by atoms with Gasteiger partial charge < -0.3 is 13.3 Å². The molecule has 0 spiro atoms. The lowest BCUT2D eigenvalue weighted by Gasteiger charge is -2.63. The molecule has 4 rings (SSSR count). The topological polar surface area (TPSA) is 27.7 Å². The van der Waals surface area contributed by atoms with Crippen molar-refractivity contribution in [2.45, 2.75) is 155 Å². The lowest BCUT2D eigenvalue weighted by molar-refractivity contribution is -0.175. The standard InChI is InChI=1S/C30H60O3Si3/c1-22(31-34(4,5)6)30(33-36(10,11)12)20-17-27-25-14-13-23-21-24(32-35(7,8)9)15-18-28(23,2)26(25)16-19-29(27,30)3/h22-27H,13-21H2,1-12H3/t22-,23?,24-,25?,26?,27?,28+,29+,30+/m1/s1. The fourth-order valence-corrected chi connectivity index (χ4v) is 14.0. The zero-order valence-electron chi connectivity index (χ0n) is 26.1. The molecular formula is C30H60O3Si3. The molecule has 4 saturated carbocycles. The van der Waals surface area contributed by atoms with Crippen LogP contribution in [0.2, 0.25) is 58.9 Å². The van der Waals surface area contributed by atoms with Gasteiger partial charge in [-0.3, -0.25) is 0 Å². The van der Waals surface area contributed by atoms with Gasteiger partial charge in [0.1, 0.15) is 0 Å². The minimum atomic E-state index is -1.75. The summed E-state index contributed by atoms with van der Waals surface area (Å²) >= 11 is 0. The summed E-state index contributed by atoms with van der Waals surface area (Å²) < 4.78 is 20.9. The third-order valence-electron chi connectivity index (χ3n) is 11.0. The van der Waals surface area contributed by atoms with Crippen molar-refractivity contribution in [2.24, 2.45) is 34.5 Å². The van der Waals surface area contributed by atoms with Crippen LogP contribution in [-0.2, 0) is 13.3 Å². The average molecular weight is 553 g/mol. The van der Waals surface area contributed by atoms with Crippen LogP contribution in [0.25, 0.3) is 0 Å². The zero-order valence-corrected chi connectivity index (χ0v) is 29.1. The van der Waals surface area contributed by atoms with Gasteiger partial charge in [0.15, 0.2) is 25.0 Å². The normalized spacial score (nSPS) is 44.5. The van der Waals surface area contributed by atoms with Gasteiger partial charge in [0.2, 0.25) is 0 Å². The van der Waals surface area contributed by atoms with E-state index in [4.69, 9.17) is 13.3 Å². The molecule has 0 aromatic carbocycles. The van der Waals surface area contributed by atoms with Gasteiger partial charge in [-0.05, 0) is 153 Å². The summed E-state index contributed by atoms with van der Waals surface area (Å²) in [6, 6.07) is 0. The van der Waals surface area contributed by atoms with Crippen molar-refractivity contribution < 1.29 is 13.3 Å². The molecule has 0 aromatic heterocycles. The third kappa shape index (κ3) is 5.43. The molecule has 0 radical (unpaired) electrons. The molecule has 3 nitrogen and oxygen atoms in total. The molecule has 4 aliphatic rings. The van der Waals surface area contributed by atoms with E-state index in [0.29, 0.717) is 11.5 Å². The summed E-state index contributed by atoms with van der Waals surface area (Å²) in [5.74, 6) is 3.40. The molecule has 0 aromatic rings. The first-order chi connectivity index (χ1) is 16.3. The van der Waals surface area contributed by atoms with Crippen LogP contribution in [0.3, 0.4) is 0 Å². The highest BCUT2D eigenvalue weighted by atomic mass is 28.4. The molecule has 6 heteroatoms. The molecule has 36 heavy (non-hydrogen) atoms. The Morgan fingerprint density at radius 2 is 1.33 bits per heavy atom. The van der Waals surface area contributed by atoms with Crippen molar-refractivity contribution in [2.75, 3.05) is 0 Å². The van der Waals surface area contributed by atoms with E-state index in [0.717, 1.165) is 23.7 Å². The van der Waals surface area contributed by atoms with E-state index in [-0.39, 0.29) is 17.1 Å². The van der Waals surface area contributed by atoms with Crippen LogP contribution < -0.4 is 0 Å². The van der Waals surface area contributed by atoms with Crippen molar-refractivity contribution in [3.63, 3.8) is 0 Å². The van der Waals surface area contributed by atoms with Crippen molar-refractivity contribution in [3.8, 4) is 0 Å². The van der Waals surface area contributed by atoms with Gasteiger partial charge in [0, 0.05) is 11.5 Å². The average Bonchev–Trinajstić information content (AvgIpc) is 2.98. The van der Waals surface area contributed by atoms with E-state index in [1.165, 1.54) is 57.8 Å². The molecule has 4 aliphatic carbocycles. The maximum Gasteiger partial charge on any atom is 0.184 e. The first kappa shape index (κ1) is 29.5. The van der Waals surface area contributed by atoms with Gasteiger partial charge in [-0.15, -0.1) is 0 Å². The number of hydrogen-bond donors (Lipinski definition) is 0. The quantitative estimate of drug-likeness (QED) is 0.295. The largest absolute Gasteiger partial charge is 0.415 e. The summed E-state index contributed by atoms with van der Waals surface area (Å²) in [5, 5.41) is 0. The summed E-state index contributed by atoms with van der Waals surface area (Å²) in [5.41, 5.74) is 0.623. The zero-order chi connectivity index (χ0) is 26.9. The Hall–Kier alpha value is 0.531. The molecule has 4 unspecified atom stereocenters. The van der Waals surface area contributed by atoms with Crippen LogP contribution in [-0.4, -0.2) is 42.8 Å². The predicted molar refractivity (Wildman–Crippen MR) is 161 cm³/mol. The van der Waals surface area contributed by atoms with Gasteiger partial charge in [0.25, 0.3) is 0 Å². The van der Waals surface area contributed by atoms with Crippen molar-refractivity contribution in [1.82, 2.24) is 0 Å². The van der Waals surface area contributed by atoms with Gasteiger partial charge >= 0.3 is 0 Å². The Kier molecular flexibility index (Phi) is 7.85. The Labute approximate surface area is 227 Å². The lowest BCUT2D eigenvalue weighted by Crippen LogP contribution is -2.63. The van der Waals surface area contributed by atoms with Crippen molar-refractivity contribution >= 4 is 25.0 Å². The second-order valence-electron chi connectivity index (χ2n) is 16.8. The Morgan fingerprint density at radius 3 is 1.92 bits per heavy atom. The number of fused-ring (bicyclic) bond motifs is 5. The smallest absolute Gasteiger partial charge is 0.184 e. The number of rotatable bonds is 7. The van der Waals surface area contributed by atoms with Gasteiger partial charge in [0.05, 0.1) is 11.7 Å². The minimum absolute atomic E-state index is 0.117. The molecule has 0 aliphatic heterocycles. The van der Waals surface area contributed by atoms with Gasteiger partial charge in [-0.1, -0.05) is 13.8 Å². The van der Waals surface area contributed by atoms with E-state index in [2.05, 4.69) is 79.7 Å². The maximum atomic E-state index is 7.36. The molecule has 210 valence electrons. The number of hydrogen-bond acceptors (Lipinski definition) is 3. The van der Waals surface area contributed by atoms with E-state index >= 15 is 0 Å². The van der Waals surface area contributed by atoms with Gasteiger partial charge in [-0.2, -0.15) is 0 Å². The summed E-state index contributed by atoms with van der Waals surface area (Å²) in [6.07, 6.45) is 12.8. The predicted octanol–water partition coefficient (Wildman–Crippen LogP) is 9.08. The van der Waals surface area contributed by atoms with E-state index in [1.807, 2.05) is 0 Å². The summed E-state index contributed by atoms with van der Waals surface area (Å²) in [7, 11) is -4.88. The fourth-order valence-electron chi connectivity index (χ4n) is 9.95. The SMILES string of the molecule is C[C@@H](O[Si](C)(C)C)[C@@]1(O[Si](C)(C)C)CCC2C3CCC4C[C@H](O[Si](C)(C)C)CC[C@]4(C)C3CC[C@@]21C. The first-order valence-electron chi connectivity index (χ1n) is 15.4. The molecule has 0 bridgehead atoms. The van der Waals surface area contributed by atoms with Crippen LogP contribution >= 0.6 is 0 Å². The van der Waals surface area contributed by atoms with E-state index in [1.54, 1.807) is 0 Å². The Bertz CT molecular complexity index is 799. The van der Waals surface area contributed by atoms with Crippen molar-refractivity contribution in [3.05, 3.63) is 0 Å². The third-order valence-corrected chi connectivity index (χ3v) is 14.1. The van der Waals surface area contributed by atoms with Crippen LogP contribution in [0, 0.1) is 34.5 Å². The molecule has 0 N–H and O–H groups in total. The van der Waals surface area contributed by atoms with E-state index < -0.39 is 25.0 Å². The van der Waals surface area contributed by atoms with Crippen molar-refractivity contribution in [1.29, 1.82) is 0 Å². The fraction of sp³-hybridized carbons (Fsp3) is 1.00. The molecule has 0 saturated heterocycles. The highest BCUT2D eigenvalue weighted by Gasteiger charge is 2.67. The summed E-state index contributed by atoms with van der Waals surface area (Å²) in [6.45, 7) is 29.0. The molecule has 0 heterocycles. The second-order valence-corrected chi connectivity index (χ2v) is 30.1. The monoisotopic (exact) mass is 552 g/mol. The maximum absolute atomic E-state index is 7.36. The summed E-state index contributed by atoms with van der Waals surface area (Å²) in [4.78, 5) is 0. The van der Waals surface area contributed by atoms with Crippen LogP contribution in [0.1, 0.15) is 78.6 Å². The lowest BCUT2D eigenvalue weighted by atomic mass is 9.44. The Balaban J connectivity index is 1.59. The minimum Gasteiger partial charge on any atom is -0.415 e. The first-order valence-corrected chi connectivity index (χ1v) is 25.6. The van der Waals surface area contributed by atoms with Crippen LogP contribution in [0.15, 0.2) is 0 Å². The second kappa shape index (κ2) is 9.57. The van der Waals surface area contributed by atoms with Crippen LogP contribution in [0.5, 0.6) is 0 Å². The molecule has 0 amide bonds.